The number of fused-ring (bicyclic) bond motifs is 1. The Bertz CT molecular complexity index is 703. The van der Waals surface area contributed by atoms with Gasteiger partial charge in [-0.2, -0.15) is 0 Å². The van der Waals surface area contributed by atoms with Crippen molar-refractivity contribution in [1.29, 1.82) is 0 Å². The predicted octanol–water partition coefficient (Wildman–Crippen LogP) is 2.60. The fraction of sp³-hybridized carbons (Fsp3) is 0.450. The lowest BCUT2D eigenvalue weighted by Gasteiger charge is -2.35. The Balaban J connectivity index is 1.84. The number of pyridine rings is 1. The summed E-state index contributed by atoms with van der Waals surface area (Å²) in [7, 11) is 3.72. The largest absolute Gasteiger partial charge is 0.497 e. The molecular formula is C20H27N3O2. The van der Waals surface area contributed by atoms with Crippen molar-refractivity contribution in [2.24, 2.45) is 0 Å². The number of ether oxygens (including phenoxy) is 1. The SMILES string of the molecule is COc1ccc(CN2CC[C@@H](CO)N(C)c3nc(C)ccc3C2)cc1. The van der Waals surface area contributed by atoms with Crippen LogP contribution in [0.2, 0.25) is 0 Å². The number of aliphatic hydroxyl groups excluding tert-OH is 1. The van der Waals surface area contributed by atoms with Gasteiger partial charge in [0.05, 0.1) is 19.8 Å². The highest BCUT2D eigenvalue weighted by Gasteiger charge is 2.24. The summed E-state index contributed by atoms with van der Waals surface area (Å²) < 4.78 is 5.24. The molecule has 0 bridgehead atoms. The Kier molecular flexibility index (Phi) is 5.56. The topological polar surface area (TPSA) is 48.8 Å². The Morgan fingerprint density at radius 1 is 1.20 bits per heavy atom. The van der Waals surface area contributed by atoms with Crippen molar-refractivity contribution in [3.8, 4) is 5.75 Å². The van der Waals surface area contributed by atoms with Crippen molar-refractivity contribution in [3.05, 3.63) is 53.2 Å². The van der Waals surface area contributed by atoms with Gasteiger partial charge in [-0.15, -0.1) is 0 Å². The molecule has 1 aliphatic rings. The molecule has 0 unspecified atom stereocenters. The molecule has 25 heavy (non-hydrogen) atoms. The van der Waals surface area contributed by atoms with Crippen molar-refractivity contribution in [2.45, 2.75) is 32.5 Å². The molecule has 1 aromatic heterocycles. The molecule has 0 spiro atoms. The lowest BCUT2D eigenvalue weighted by atomic mass is 10.1. The standard InChI is InChI=1S/C20H27N3O2/c1-15-4-7-17-13-23(12-16-5-8-19(25-3)9-6-16)11-10-18(14-24)22(2)20(17)21-15/h4-9,18,24H,10-14H2,1-3H3/t18-/m0/s1. The first-order chi connectivity index (χ1) is 12.1. The minimum atomic E-state index is 0.0896. The molecule has 0 fully saturated rings. The Morgan fingerprint density at radius 3 is 2.64 bits per heavy atom. The number of nitrogens with zero attached hydrogens (tertiary/aromatic N) is 3. The van der Waals surface area contributed by atoms with Gasteiger partial charge in [-0.1, -0.05) is 18.2 Å². The van der Waals surface area contributed by atoms with Crippen molar-refractivity contribution in [2.75, 3.05) is 32.2 Å². The maximum atomic E-state index is 9.80. The van der Waals surface area contributed by atoms with Crippen LogP contribution in [-0.2, 0) is 13.1 Å². The summed E-state index contributed by atoms with van der Waals surface area (Å²) in [6, 6.07) is 12.5. The van der Waals surface area contributed by atoms with Gasteiger partial charge in [0.2, 0.25) is 0 Å². The van der Waals surface area contributed by atoms with E-state index in [2.05, 4.69) is 34.1 Å². The minimum absolute atomic E-state index is 0.0896. The van der Waals surface area contributed by atoms with Gasteiger partial charge >= 0.3 is 0 Å². The molecular weight excluding hydrogens is 314 g/mol. The molecule has 0 amide bonds. The van der Waals surface area contributed by atoms with E-state index in [0.29, 0.717) is 0 Å². The van der Waals surface area contributed by atoms with Crippen LogP contribution in [0.15, 0.2) is 36.4 Å². The zero-order valence-electron chi connectivity index (χ0n) is 15.3. The van der Waals surface area contributed by atoms with Gasteiger partial charge in [-0.3, -0.25) is 4.90 Å². The van der Waals surface area contributed by atoms with Crippen molar-refractivity contribution in [1.82, 2.24) is 9.88 Å². The first kappa shape index (κ1) is 17.7. The van der Waals surface area contributed by atoms with E-state index in [1.165, 1.54) is 11.1 Å². The second kappa shape index (κ2) is 7.85. The molecule has 5 heteroatoms. The van der Waals surface area contributed by atoms with Crippen LogP contribution in [-0.4, -0.2) is 48.3 Å². The molecule has 134 valence electrons. The van der Waals surface area contributed by atoms with Gasteiger partial charge in [0.15, 0.2) is 0 Å². The second-order valence-electron chi connectivity index (χ2n) is 6.73. The van der Waals surface area contributed by atoms with Crippen LogP contribution < -0.4 is 9.64 Å². The minimum Gasteiger partial charge on any atom is -0.497 e. The van der Waals surface area contributed by atoms with Crippen LogP contribution >= 0.6 is 0 Å². The maximum Gasteiger partial charge on any atom is 0.133 e. The van der Waals surface area contributed by atoms with Crippen LogP contribution in [0.4, 0.5) is 5.82 Å². The van der Waals surface area contributed by atoms with Crippen molar-refractivity contribution < 1.29 is 9.84 Å². The number of rotatable bonds is 4. The average molecular weight is 341 g/mol. The third kappa shape index (κ3) is 4.11. The highest BCUT2D eigenvalue weighted by molar-refractivity contribution is 5.48. The molecule has 1 aliphatic heterocycles. The quantitative estimate of drug-likeness (QED) is 0.926. The molecule has 1 N–H and O–H groups in total. The normalized spacial score (nSPS) is 18.4. The summed E-state index contributed by atoms with van der Waals surface area (Å²) in [6.45, 7) is 4.82. The third-order valence-corrected chi connectivity index (χ3v) is 4.93. The molecule has 2 heterocycles. The van der Waals surface area contributed by atoms with Crippen molar-refractivity contribution >= 4 is 5.82 Å². The fourth-order valence-electron chi connectivity index (χ4n) is 3.36. The Labute approximate surface area is 149 Å². The van der Waals surface area contributed by atoms with Gasteiger partial charge in [0.25, 0.3) is 0 Å². The van der Waals surface area contributed by atoms with Gasteiger partial charge in [-0.05, 0) is 37.1 Å². The summed E-state index contributed by atoms with van der Waals surface area (Å²) in [6.07, 6.45) is 0.915. The van der Waals surface area contributed by atoms with Crippen LogP contribution in [0.25, 0.3) is 0 Å². The van der Waals surface area contributed by atoms with E-state index in [0.717, 1.165) is 43.3 Å². The number of aliphatic hydroxyl groups is 1. The van der Waals surface area contributed by atoms with E-state index < -0.39 is 0 Å². The van der Waals surface area contributed by atoms with Crippen molar-refractivity contribution in [3.63, 3.8) is 0 Å². The first-order valence-electron chi connectivity index (χ1n) is 8.76. The number of hydrogen-bond donors (Lipinski definition) is 1. The predicted molar refractivity (Wildman–Crippen MR) is 100.0 cm³/mol. The maximum absolute atomic E-state index is 9.80. The highest BCUT2D eigenvalue weighted by Crippen LogP contribution is 2.26. The van der Waals surface area contributed by atoms with Gasteiger partial charge in [-0.25, -0.2) is 4.98 Å². The van der Waals surface area contributed by atoms with E-state index in [1.807, 2.05) is 26.1 Å². The fourth-order valence-corrected chi connectivity index (χ4v) is 3.36. The molecule has 0 aliphatic carbocycles. The summed E-state index contributed by atoms with van der Waals surface area (Å²) in [5.74, 6) is 1.86. The number of benzene rings is 1. The zero-order valence-corrected chi connectivity index (χ0v) is 15.3. The van der Waals surface area contributed by atoms with Gasteiger partial charge in [0.1, 0.15) is 11.6 Å². The number of aromatic nitrogens is 1. The number of anilines is 1. The van der Waals surface area contributed by atoms with Crippen LogP contribution in [0.3, 0.4) is 0 Å². The highest BCUT2D eigenvalue weighted by atomic mass is 16.5. The van der Waals surface area contributed by atoms with Gasteiger partial charge < -0.3 is 14.7 Å². The molecule has 0 radical (unpaired) electrons. The van der Waals surface area contributed by atoms with Gasteiger partial charge in [0, 0.05) is 37.9 Å². The monoisotopic (exact) mass is 341 g/mol. The number of aryl methyl sites for hydroxylation is 1. The molecule has 2 aromatic rings. The Morgan fingerprint density at radius 2 is 1.96 bits per heavy atom. The number of hydrogen-bond acceptors (Lipinski definition) is 5. The van der Waals surface area contributed by atoms with Crippen LogP contribution in [0.5, 0.6) is 5.75 Å². The zero-order chi connectivity index (χ0) is 17.8. The smallest absolute Gasteiger partial charge is 0.133 e. The summed E-state index contributed by atoms with van der Waals surface area (Å²) >= 11 is 0. The third-order valence-electron chi connectivity index (χ3n) is 4.93. The van der Waals surface area contributed by atoms with E-state index in [-0.39, 0.29) is 12.6 Å². The summed E-state index contributed by atoms with van der Waals surface area (Å²) in [5, 5.41) is 9.80. The molecule has 1 aromatic carbocycles. The van der Waals surface area contributed by atoms with E-state index >= 15 is 0 Å². The van der Waals surface area contributed by atoms with Crippen LogP contribution in [0, 0.1) is 6.92 Å². The Hall–Kier alpha value is -2.11. The molecule has 0 saturated carbocycles. The number of methoxy groups -OCH3 is 1. The molecule has 5 nitrogen and oxygen atoms in total. The molecule has 0 saturated heterocycles. The number of likely N-dealkylation sites (N-methyl/N-ethyl adjacent to an activating group) is 1. The van der Waals surface area contributed by atoms with E-state index in [4.69, 9.17) is 9.72 Å². The second-order valence-corrected chi connectivity index (χ2v) is 6.73. The summed E-state index contributed by atoms with van der Waals surface area (Å²) in [5.41, 5.74) is 3.47. The molecule has 3 rings (SSSR count). The lowest BCUT2D eigenvalue weighted by Crippen LogP contribution is -2.41. The lowest BCUT2D eigenvalue weighted by molar-refractivity contribution is 0.205. The molecule has 1 atom stereocenters. The first-order valence-corrected chi connectivity index (χ1v) is 8.76. The summed E-state index contributed by atoms with van der Waals surface area (Å²) in [4.78, 5) is 9.29. The average Bonchev–Trinajstić information content (AvgIpc) is 2.62. The van der Waals surface area contributed by atoms with Crippen LogP contribution in [0.1, 0.15) is 23.2 Å². The van der Waals surface area contributed by atoms with E-state index in [1.54, 1.807) is 7.11 Å². The van der Waals surface area contributed by atoms with E-state index in [9.17, 15) is 5.11 Å².